The second-order valence-corrected chi connectivity index (χ2v) is 7.69. The molecule has 0 aliphatic carbocycles. The molecule has 0 spiro atoms. The predicted molar refractivity (Wildman–Crippen MR) is 76.0 cm³/mol. The molecule has 1 aliphatic rings. The van der Waals surface area contributed by atoms with Crippen molar-refractivity contribution in [1.29, 1.82) is 0 Å². The minimum absolute atomic E-state index is 0.00674. The van der Waals surface area contributed by atoms with Crippen molar-refractivity contribution in [2.75, 3.05) is 18.1 Å². The Kier molecular flexibility index (Phi) is 5.01. The third-order valence-electron chi connectivity index (χ3n) is 3.39. The van der Waals surface area contributed by atoms with E-state index in [1.54, 1.807) is 6.07 Å². The van der Waals surface area contributed by atoms with Gasteiger partial charge in [-0.15, -0.1) is 0 Å². The van der Waals surface area contributed by atoms with Crippen LogP contribution in [-0.4, -0.2) is 37.6 Å². The van der Waals surface area contributed by atoms with Crippen molar-refractivity contribution in [3.05, 3.63) is 34.6 Å². The zero-order valence-electron chi connectivity index (χ0n) is 10.9. The van der Waals surface area contributed by atoms with Crippen molar-refractivity contribution in [3.8, 4) is 0 Å². The summed E-state index contributed by atoms with van der Waals surface area (Å²) in [6.07, 6.45) is 0.499. The third-order valence-corrected chi connectivity index (χ3v) is 5.52. The number of sulfone groups is 1. The molecule has 0 radical (unpaired) electrons. The Hall–Kier alpha value is -0.690. The number of aliphatic hydroxyl groups excluding tert-OH is 1. The van der Waals surface area contributed by atoms with Crippen LogP contribution >= 0.6 is 11.6 Å². The number of halogens is 2. The Morgan fingerprint density at radius 2 is 2.25 bits per heavy atom. The molecule has 0 saturated carbocycles. The average molecular weight is 322 g/mol. The van der Waals surface area contributed by atoms with Gasteiger partial charge in [-0.3, -0.25) is 0 Å². The lowest BCUT2D eigenvalue weighted by Gasteiger charge is -2.24. The molecule has 4 nitrogen and oxygen atoms in total. The van der Waals surface area contributed by atoms with Crippen LogP contribution in [-0.2, 0) is 9.84 Å². The maximum absolute atomic E-state index is 13.3. The standard InChI is InChI=1S/C13H17ClFNO3S/c14-11-4-3-9(6-12(11)15)13(17)7-16-10-2-1-5-20(18,19)8-10/h3-4,6,10,13,16-17H,1-2,5,7-8H2. The Morgan fingerprint density at radius 3 is 2.90 bits per heavy atom. The van der Waals surface area contributed by atoms with Crippen LogP contribution in [0.4, 0.5) is 4.39 Å². The molecule has 1 heterocycles. The highest BCUT2D eigenvalue weighted by atomic mass is 35.5. The maximum Gasteiger partial charge on any atom is 0.151 e. The lowest BCUT2D eigenvalue weighted by molar-refractivity contribution is 0.169. The van der Waals surface area contributed by atoms with Crippen LogP contribution in [0.15, 0.2) is 18.2 Å². The predicted octanol–water partition coefficient (Wildman–Crippen LogP) is 1.68. The number of nitrogens with one attached hydrogen (secondary N) is 1. The molecule has 1 aromatic carbocycles. The van der Waals surface area contributed by atoms with Crippen LogP contribution < -0.4 is 5.32 Å². The van der Waals surface area contributed by atoms with Gasteiger partial charge in [0.05, 0.1) is 22.6 Å². The highest BCUT2D eigenvalue weighted by molar-refractivity contribution is 7.91. The molecule has 1 fully saturated rings. The molecule has 20 heavy (non-hydrogen) atoms. The van der Waals surface area contributed by atoms with Gasteiger partial charge in [0.25, 0.3) is 0 Å². The third kappa shape index (κ3) is 4.15. The minimum Gasteiger partial charge on any atom is -0.387 e. The largest absolute Gasteiger partial charge is 0.387 e. The molecule has 2 atom stereocenters. The van der Waals surface area contributed by atoms with Gasteiger partial charge >= 0.3 is 0 Å². The van der Waals surface area contributed by atoms with E-state index in [1.165, 1.54) is 12.1 Å². The number of rotatable bonds is 4. The molecular formula is C13H17ClFNO3S. The fraction of sp³-hybridized carbons (Fsp3) is 0.538. The van der Waals surface area contributed by atoms with E-state index in [-0.39, 0.29) is 29.1 Å². The molecule has 2 N–H and O–H groups in total. The van der Waals surface area contributed by atoms with Crippen molar-refractivity contribution in [3.63, 3.8) is 0 Å². The fourth-order valence-corrected chi connectivity index (χ4v) is 4.09. The van der Waals surface area contributed by atoms with Crippen molar-refractivity contribution >= 4 is 21.4 Å². The highest BCUT2D eigenvalue weighted by Gasteiger charge is 2.24. The molecule has 0 aromatic heterocycles. The summed E-state index contributed by atoms with van der Waals surface area (Å²) in [4.78, 5) is 0. The van der Waals surface area contributed by atoms with E-state index in [0.717, 1.165) is 6.42 Å². The molecule has 0 bridgehead atoms. The first-order valence-corrected chi connectivity index (χ1v) is 8.64. The summed E-state index contributed by atoms with van der Waals surface area (Å²) in [5.41, 5.74) is 0.415. The van der Waals surface area contributed by atoms with Gasteiger partial charge in [-0.25, -0.2) is 12.8 Å². The number of hydrogen-bond acceptors (Lipinski definition) is 4. The molecule has 112 valence electrons. The summed E-state index contributed by atoms with van der Waals surface area (Å²) in [6, 6.07) is 3.97. The average Bonchev–Trinajstić information content (AvgIpc) is 2.38. The van der Waals surface area contributed by atoms with E-state index in [0.29, 0.717) is 12.0 Å². The summed E-state index contributed by atoms with van der Waals surface area (Å²) >= 11 is 5.58. The van der Waals surface area contributed by atoms with Crippen molar-refractivity contribution < 1.29 is 17.9 Å². The Morgan fingerprint density at radius 1 is 1.50 bits per heavy atom. The van der Waals surface area contributed by atoms with Crippen molar-refractivity contribution in [2.24, 2.45) is 0 Å². The van der Waals surface area contributed by atoms with Crippen LogP contribution in [0.5, 0.6) is 0 Å². The first kappa shape index (κ1) is 15.7. The fourth-order valence-electron chi connectivity index (χ4n) is 2.30. The monoisotopic (exact) mass is 321 g/mol. The van der Waals surface area contributed by atoms with Gasteiger partial charge in [0.2, 0.25) is 0 Å². The SMILES string of the molecule is O=S1(=O)CCCC(NCC(O)c2ccc(Cl)c(F)c2)C1. The van der Waals surface area contributed by atoms with E-state index in [9.17, 15) is 17.9 Å². The summed E-state index contributed by atoms with van der Waals surface area (Å²) < 4.78 is 36.3. The van der Waals surface area contributed by atoms with Crippen LogP contribution in [0.25, 0.3) is 0 Å². The normalized spacial score (nSPS) is 23.4. The van der Waals surface area contributed by atoms with E-state index in [4.69, 9.17) is 11.6 Å². The van der Waals surface area contributed by atoms with Crippen LogP contribution in [0.2, 0.25) is 5.02 Å². The van der Waals surface area contributed by atoms with Gasteiger partial charge in [0.1, 0.15) is 5.82 Å². The van der Waals surface area contributed by atoms with E-state index in [1.807, 2.05) is 0 Å². The van der Waals surface area contributed by atoms with E-state index >= 15 is 0 Å². The molecular weight excluding hydrogens is 305 g/mol. The molecule has 2 rings (SSSR count). The van der Waals surface area contributed by atoms with Gasteiger partial charge < -0.3 is 10.4 Å². The highest BCUT2D eigenvalue weighted by Crippen LogP contribution is 2.20. The maximum atomic E-state index is 13.3. The van der Waals surface area contributed by atoms with Gasteiger partial charge in [0.15, 0.2) is 9.84 Å². The van der Waals surface area contributed by atoms with Gasteiger partial charge in [0, 0.05) is 12.6 Å². The molecule has 1 aliphatic heterocycles. The van der Waals surface area contributed by atoms with Gasteiger partial charge in [-0.1, -0.05) is 17.7 Å². The van der Waals surface area contributed by atoms with Gasteiger partial charge in [-0.05, 0) is 30.5 Å². The second kappa shape index (κ2) is 6.39. The lowest BCUT2D eigenvalue weighted by atomic mass is 10.1. The zero-order chi connectivity index (χ0) is 14.8. The molecule has 7 heteroatoms. The summed E-state index contributed by atoms with van der Waals surface area (Å²) in [6.45, 7) is 0.182. The first-order chi connectivity index (χ1) is 9.37. The summed E-state index contributed by atoms with van der Waals surface area (Å²) in [5, 5.41) is 13.0. The van der Waals surface area contributed by atoms with E-state index < -0.39 is 21.8 Å². The summed E-state index contributed by atoms with van der Waals surface area (Å²) in [5.74, 6) is -0.256. The number of hydrogen-bond donors (Lipinski definition) is 2. The number of aliphatic hydroxyl groups is 1. The lowest BCUT2D eigenvalue weighted by Crippen LogP contribution is -2.41. The molecule has 1 aromatic rings. The Labute approximate surface area is 122 Å². The zero-order valence-corrected chi connectivity index (χ0v) is 12.4. The van der Waals surface area contributed by atoms with Crippen LogP contribution in [0, 0.1) is 5.82 Å². The number of benzene rings is 1. The summed E-state index contributed by atoms with van der Waals surface area (Å²) in [7, 11) is -2.98. The van der Waals surface area contributed by atoms with Crippen LogP contribution in [0.1, 0.15) is 24.5 Å². The minimum atomic E-state index is -2.98. The van der Waals surface area contributed by atoms with Gasteiger partial charge in [-0.2, -0.15) is 0 Å². The van der Waals surface area contributed by atoms with Crippen LogP contribution in [0.3, 0.4) is 0 Å². The Bertz CT molecular complexity index is 579. The molecule has 1 saturated heterocycles. The first-order valence-electron chi connectivity index (χ1n) is 6.44. The molecule has 2 unspecified atom stereocenters. The quantitative estimate of drug-likeness (QED) is 0.885. The second-order valence-electron chi connectivity index (χ2n) is 5.05. The van der Waals surface area contributed by atoms with E-state index in [2.05, 4.69) is 5.32 Å². The smallest absolute Gasteiger partial charge is 0.151 e. The topological polar surface area (TPSA) is 66.4 Å². The van der Waals surface area contributed by atoms with Crippen molar-refractivity contribution in [2.45, 2.75) is 25.0 Å². The van der Waals surface area contributed by atoms with Crippen molar-refractivity contribution in [1.82, 2.24) is 5.32 Å². The Balaban J connectivity index is 1.91. The molecule has 0 amide bonds.